The zero-order valence-corrected chi connectivity index (χ0v) is 19.3. The standard InChI is InChI=1S/C23H16Cl2F4N4O/c1-11-20(12(2)33(32-11)10-13-3-5-15(26)6-4-13)31-22(34)17-9-19(23(27,28)29)30-21-16(17)7-14(24)8-18(21)25/h3-9H,10H2,1-2H3,(H,31,34). The van der Waals surface area contributed by atoms with Crippen LogP contribution in [0, 0.1) is 19.7 Å². The first kappa shape index (κ1) is 24.0. The van der Waals surface area contributed by atoms with E-state index in [1.54, 1.807) is 30.7 Å². The topological polar surface area (TPSA) is 59.8 Å². The number of aryl methyl sites for hydroxylation is 1. The van der Waals surface area contributed by atoms with Gasteiger partial charge in [0.2, 0.25) is 0 Å². The Bertz CT molecular complexity index is 1420. The fourth-order valence-electron chi connectivity index (χ4n) is 3.56. The van der Waals surface area contributed by atoms with E-state index in [1.807, 2.05) is 0 Å². The second kappa shape index (κ2) is 8.88. The molecule has 2 aromatic carbocycles. The molecular weight excluding hydrogens is 495 g/mol. The molecule has 0 atom stereocenters. The van der Waals surface area contributed by atoms with Gasteiger partial charge in [-0.2, -0.15) is 18.3 Å². The van der Waals surface area contributed by atoms with Gasteiger partial charge in [-0.15, -0.1) is 0 Å². The second-order valence-electron chi connectivity index (χ2n) is 7.62. The van der Waals surface area contributed by atoms with Crippen molar-refractivity contribution < 1.29 is 22.4 Å². The molecule has 1 amide bonds. The molecule has 1 N–H and O–H groups in total. The normalized spacial score (nSPS) is 11.8. The highest BCUT2D eigenvalue weighted by atomic mass is 35.5. The molecule has 2 aromatic heterocycles. The van der Waals surface area contributed by atoms with E-state index < -0.39 is 17.8 Å². The molecule has 5 nitrogen and oxygen atoms in total. The highest BCUT2D eigenvalue weighted by Gasteiger charge is 2.34. The Hall–Kier alpha value is -3.17. The summed E-state index contributed by atoms with van der Waals surface area (Å²) in [6.07, 6.45) is -4.79. The highest BCUT2D eigenvalue weighted by Crippen LogP contribution is 2.35. The quantitative estimate of drug-likeness (QED) is 0.306. The monoisotopic (exact) mass is 510 g/mol. The zero-order chi connectivity index (χ0) is 24.8. The number of anilines is 1. The summed E-state index contributed by atoms with van der Waals surface area (Å²) in [5.74, 6) is -1.17. The van der Waals surface area contributed by atoms with Crippen LogP contribution in [0.15, 0.2) is 42.5 Å². The van der Waals surface area contributed by atoms with Crippen LogP contribution in [0.1, 0.15) is 33.0 Å². The molecule has 11 heteroatoms. The van der Waals surface area contributed by atoms with Gasteiger partial charge in [-0.1, -0.05) is 35.3 Å². The first-order valence-corrected chi connectivity index (χ1v) is 10.7. The van der Waals surface area contributed by atoms with E-state index in [2.05, 4.69) is 15.4 Å². The smallest absolute Gasteiger partial charge is 0.319 e. The van der Waals surface area contributed by atoms with Gasteiger partial charge in [0.15, 0.2) is 0 Å². The average Bonchev–Trinajstić information content (AvgIpc) is 3.01. The minimum absolute atomic E-state index is 0.0806. The van der Waals surface area contributed by atoms with Crippen LogP contribution in [0.2, 0.25) is 10.0 Å². The third-order valence-electron chi connectivity index (χ3n) is 5.23. The van der Waals surface area contributed by atoms with Crippen molar-refractivity contribution >= 4 is 45.7 Å². The molecule has 0 radical (unpaired) electrons. The molecule has 2 heterocycles. The Morgan fingerprint density at radius 2 is 1.76 bits per heavy atom. The number of benzene rings is 2. The molecule has 0 aliphatic rings. The van der Waals surface area contributed by atoms with Gasteiger partial charge in [0.1, 0.15) is 11.5 Å². The number of halogens is 6. The molecule has 0 spiro atoms. The van der Waals surface area contributed by atoms with Gasteiger partial charge >= 0.3 is 6.18 Å². The van der Waals surface area contributed by atoms with Crippen LogP contribution >= 0.6 is 23.2 Å². The van der Waals surface area contributed by atoms with Crippen LogP contribution in [-0.4, -0.2) is 20.7 Å². The number of pyridine rings is 1. The van der Waals surface area contributed by atoms with Crippen LogP contribution in [0.25, 0.3) is 10.9 Å². The number of amides is 1. The fraction of sp³-hybridized carbons (Fsp3) is 0.174. The van der Waals surface area contributed by atoms with E-state index >= 15 is 0 Å². The fourth-order valence-corrected chi connectivity index (χ4v) is 4.10. The van der Waals surface area contributed by atoms with Crippen molar-refractivity contribution in [1.29, 1.82) is 0 Å². The average molecular weight is 511 g/mol. The summed E-state index contributed by atoms with van der Waals surface area (Å²) in [5, 5.41) is 7.17. The summed E-state index contributed by atoms with van der Waals surface area (Å²) in [5.41, 5.74) is 0.426. The molecule has 0 fully saturated rings. The lowest BCUT2D eigenvalue weighted by atomic mass is 10.1. The maximum atomic E-state index is 13.5. The second-order valence-corrected chi connectivity index (χ2v) is 8.46. The van der Waals surface area contributed by atoms with Gasteiger partial charge in [-0.05, 0) is 49.7 Å². The minimum Gasteiger partial charge on any atom is -0.319 e. The summed E-state index contributed by atoms with van der Waals surface area (Å²) in [6.45, 7) is 3.67. The number of alkyl halides is 3. The number of nitrogens with one attached hydrogen (secondary N) is 1. The molecule has 4 rings (SSSR count). The Balaban J connectivity index is 1.74. The van der Waals surface area contributed by atoms with Crippen molar-refractivity contribution in [3.8, 4) is 0 Å². The predicted octanol–water partition coefficient (Wildman–Crippen LogP) is 6.81. The third-order valence-corrected chi connectivity index (χ3v) is 5.74. The number of nitrogens with zero attached hydrogens (tertiary/aromatic N) is 3. The highest BCUT2D eigenvalue weighted by molar-refractivity contribution is 6.39. The van der Waals surface area contributed by atoms with Crippen LogP contribution < -0.4 is 5.32 Å². The third kappa shape index (κ3) is 4.71. The summed E-state index contributed by atoms with van der Waals surface area (Å²) in [4.78, 5) is 16.8. The van der Waals surface area contributed by atoms with Crippen LogP contribution in [-0.2, 0) is 12.7 Å². The number of carbonyl (C=O) groups excluding carboxylic acids is 1. The molecular formula is C23H16Cl2F4N4O. The van der Waals surface area contributed by atoms with Gasteiger partial charge in [0.05, 0.1) is 39.7 Å². The minimum atomic E-state index is -4.79. The van der Waals surface area contributed by atoms with E-state index in [-0.39, 0.29) is 32.3 Å². The Morgan fingerprint density at radius 3 is 2.41 bits per heavy atom. The van der Waals surface area contributed by atoms with Crippen molar-refractivity contribution in [3.63, 3.8) is 0 Å². The summed E-state index contributed by atoms with van der Waals surface area (Å²) in [7, 11) is 0. The van der Waals surface area contributed by atoms with E-state index in [1.165, 1.54) is 24.3 Å². The Labute approximate surface area is 201 Å². The summed E-state index contributed by atoms with van der Waals surface area (Å²) < 4.78 is 55.2. The summed E-state index contributed by atoms with van der Waals surface area (Å²) >= 11 is 12.1. The molecule has 0 unspecified atom stereocenters. The lowest BCUT2D eigenvalue weighted by molar-refractivity contribution is -0.140. The van der Waals surface area contributed by atoms with Crippen LogP contribution in [0.3, 0.4) is 0 Å². The van der Waals surface area contributed by atoms with Gasteiger partial charge in [0.25, 0.3) is 5.91 Å². The number of aromatic nitrogens is 3. The van der Waals surface area contributed by atoms with Crippen molar-refractivity contribution in [1.82, 2.24) is 14.8 Å². The van der Waals surface area contributed by atoms with Crippen molar-refractivity contribution in [3.05, 3.63) is 86.5 Å². The summed E-state index contributed by atoms with van der Waals surface area (Å²) in [6, 6.07) is 9.13. The molecule has 34 heavy (non-hydrogen) atoms. The molecule has 4 aromatic rings. The lowest BCUT2D eigenvalue weighted by Crippen LogP contribution is -2.17. The Morgan fingerprint density at radius 1 is 1.09 bits per heavy atom. The lowest BCUT2D eigenvalue weighted by Gasteiger charge is -2.13. The van der Waals surface area contributed by atoms with Gasteiger partial charge in [-0.25, -0.2) is 9.37 Å². The van der Waals surface area contributed by atoms with Crippen LogP contribution in [0.5, 0.6) is 0 Å². The van der Waals surface area contributed by atoms with Gasteiger partial charge in [-0.3, -0.25) is 9.48 Å². The Kier molecular flexibility index (Phi) is 6.26. The van der Waals surface area contributed by atoms with Gasteiger partial charge < -0.3 is 5.32 Å². The predicted molar refractivity (Wildman–Crippen MR) is 122 cm³/mol. The molecule has 0 aliphatic heterocycles. The maximum absolute atomic E-state index is 13.5. The molecule has 0 saturated carbocycles. The van der Waals surface area contributed by atoms with E-state index in [0.29, 0.717) is 29.7 Å². The molecule has 0 saturated heterocycles. The zero-order valence-electron chi connectivity index (χ0n) is 17.8. The van der Waals surface area contributed by atoms with Crippen molar-refractivity contribution in [2.24, 2.45) is 0 Å². The molecule has 0 bridgehead atoms. The van der Waals surface area contributed by atoms with Crippen molar-refractivity contribution in [2.45, 2.75) is 26.6 Å². The number of fused-ring (bicyclic) bond motifs is 1. The SMILES string of the molecule is Cc1nn(Cc2ccc(F)cc2)c(C)c1NC(=O)c1cc(C(F)(F)F)nc2c(Cl)cc(Cl)cc12. The van der Waals surface area contributed by atoms with Crippen LogP contribution in [0.4, 0.5) is 23.2 Å². The number of rotatable bonds is 4. The number of carbonyl (C=O) groups is 1. The largest absolute Gasteiger partial charge is 0.433 e. The maximum Gasteiger partial charge on any atom is 0.433 e. The molecule has 176 valence electrons. The van der Waals surface area contributed by atoms with E-state index in [4.69, 9.17) is 23.2 Å². The van der Waals surface area contributed by atoms with E-state index in [9.17, 15) is 22.4 Å². The first-order chi connectivity index (χ1) is 15.9. The molecule has 0 aliphatic carbocycles. The van der Waals surface area contributed by atoms with Crippen molar-refractivity contribution in [2.75, 3.05) is 5.32 Å². The van der Waals surface area contributed by atoms with E-state index in [0.717, 1.165) is 5.56 Å². The number of hydrogen-bond donors (Lipinski definition) is 1. The van der Waals surface area contributed by atoms with Gasteiger partial charge in [0, 0.05) is 10.4 Å². The number of hydrogen-bond acceptors (Lipinski definition) is 3. The first-order valence-electron chi connectivity index (χ1n) is 9.91.